The Morgan fingerprint density at radius 2 is 1.88 bits per heavy atom. The molecule has 2 unspecified atom stereocenters. The second-order valence-corrected chi connectivity index (χ2v) is 10.4. The number of benzene rings is 2. The number of aromatic nitrogens is 1. The third-order valence-corrected chi connectivity index (χ3v) is 7.79. The number of para-hydroxylation sites is 1. The number of hydrogen-bond donors (Lipinski definition) is 1. The minimum Gasteiger partial charge on any atom is -0.454 e. The molecule has 0 bridgehead atoms. The first-order chi connectivity index (χ1) is 16.3. The molecule has 2 atom stereocenters. The Morgan fingerprint density at radius 3 is 2.71 bits per heavy atom. The van der Waals surface area contributed by atoms with Crippen molar-refractivity contribution in [1.82, 2.24) is 9.88 Å². The van der Waals surface area contributed by atoms with E-state index >= 15 is 0 Å². The van der Waals surface area contributed by atoms with Crippen LogP contribution in [0.4, 0.5) is 0 Å². The van der Waals surface area contributed by atoms with Crippen LogP contribution in [0.3, 0.4) is 0 Å². The molecule has 3 heterocycles. The number of esters is 1. The van der Waals surface area contributed by atoms with Crippen molar-refractivity contribution >= 4 is 38.5 Å². The van der Waals surface area contributed by atoms with Crippen molar-refractivity contribution in [3.8, 4) is 0 Å². The van der Waals surface area contributed by atoms with Crippen LogP contribution in [-0.2, 0) is 19.6 Å². The van der Waals surface area contributed by atoms with E-state index in [4.69, 9.17) is 4.74 Å². The van der Waals surface area contributed by atoms with Crippen LogP contribution in [0.5, 0.6) is 0 Å². The largest absolute Gasteiger partial charge is 0.454 e. The molecule has 2 aliphatic heterocycles. The molecule has 3 aromatic rings. The number of aryl methyl sites for hydroxylation is 1. The number of ether oxygens (including phenoxy) is 1. The predicted molar refractivity (Wildman–Crippen MR) is 127 cm³/mol. The van der Waals surface area contributed by atoms with Crippen LogP contribution in [0.2, 0.25) is 0 Å². The zero-order valence-electron chi connectivity index (χ0n) is 18.9. The molecule has 0 saturated carbocycles. The van der Waals surface area contributed by atoms with E-state index in [1.807, 2.05) is 36.1 Å². The van der Waals surface area contributed by atoms with E-state index in [0.717, 1.165) is 16.6 Å². The van der Waals surface area contributed by atoms with Gasteiger partial charge in [-0.3, -0.25) is 9.59 Å². The zero-order valence-corrected chi connectivity index (χ0v) is 19.8. The van der Waals surface area contributed by atoms with Crippen LogP contribution in [0.25, 0.3) is 10.9 Å². The Hall–Kier alpha value is -3.46. The van der Waals surface area contributed by atoms with Gasteiger partial charge in [-0.2, -0.15) is 8.42 Å². The number of hydrogen-bond acceptors (Lipinski definition) is 6. The zero-order chi connectivity index (χ0) is 24.0. The Morgan fingerprint density at radius 1 is 1.15 bits per heavy atom. The number of ketones is 1. The molecular weight excluding hydrogens is 454 g/mol. The molecule has 176 valence electrons. The summed E-state index contributed by atoms with van der Waals surface area (Å²) >= 11 is 0. The standard InChI is InChI=1S/C25H25N3O5S/c1-15-22(18-9-3-5-11-20(18)26-15)23(29)16(2)33-25(30)17-8-7-13-28(14-17)24-19-10-4-6-12-21(19)34(31,32)27-24/h3-6,9-12,16-17,26H,7-8,13-14H2,1-2H3. The smallest absolute Gasteiger partial charge is 0.311 e. The monoisotopic (exact) mass is 479 g/mol. The van der Waals surface area contributed by atoms with E-state index in [2.05, 4.69) is 9.38 Å². The number of amidine groups is 1. The Balaban J connectivity index is 1.31. The quantitative estimate of drug-likeness (QED) is 0.454. The fourth-order valence-corrected chi connectivity index (χ4v) is 6.03. The third-order valence-electron chi connectivity index (χ3n) is 6.47. The van der Waals surface area contributed by atoms with Crippen molar-refractivity contribution < 1.29 is 22.7 Å². The highest BCUT2D eigenvalue weighted by molar-refractivity contribution is 7.90. The lowest BCUT2D eigenvalue weighted by Gasteiger charge is -2.33. The van der Waals surface area contributed by atoms with Gasteiger partial charge in [0.05, 0.1) is 5.92 Å². The first-order valence-corrected chi connectivity index (χ1v) is 12.7. The average Bonchev–Trinajstić information content (AvgIpc) is 3.31. The van der Waals surface area contributed by atoms with E-state index in [9.17, 15) is 18.0 Å². The van der Waals surface area contributed by atoms with Gasteiger partial charge in [0.2, 0.25) is 5.78 Å². The number of fused-ring (bicyclic) bond motifs is 2. The van der Waals surface area contributed by atoms with Crippen molar-refractivity contribution in [3.63, 3.8) is 0 Å². The number of sulfonamides is 1. The highest BCUT2D eigenvalue weighted by atomic mass is 32.2. The van der Waals surface area contributed by atoms with Crippen LogP contribution in [-0.4, -0.2) is 55.1 Å². The number of nitrogens with zero attached hydrogens (tertiary/aromatic N) is 2. The van der Waals surface area contributed by atoms with Gasteiger partial charge in [0.15, 0.2) is 11.9 Å². The summed E-state index contributed by atoms with van der Waals surface area (Å²) in [5.74, 6) is -0.827. The number of carbonyl (C=O) groups is 2. The lowest BCUT2D eigenvalue weighted by molar-refractivity contribution is -0.152. The first-order valence-electron chi connectivity index (χ1n) is 11.3. The highest BCUT2D eigenvalue weighted by Crippen LogP contribution is 2.30. The Bertz CT molecular complexity index is 1440. The Labute approximate surface area is 197 Å². The van der Waals surface area contributed by atoms with Gasteiger partial charge in [-0.1, -0.05) is 30.3 Å². The number of nitrogens with one attached hydrogen (secondary N) is 1. The molecule has 1 fully saturated rings. The molecule has 8 nitrogen and oxygen atoms in total. The maximum absolute atomic E-state index is 13.1. The molecule has 9 heteroatoms. The maximum Gasteiger partial charge on any atom is 0.311 e. The van der Waals surface area contributed by atoms with Crippen molar-refractivity contribution in [2.75, 3.05) is 13.1 Å². The molecule has 0 spiro atoms. The van der Waals surface area contributed by atoms with Gasteiger partial charge in [0.25, 0.3) is 10.0 Å². The van der Waals surface area contributed by atoms with Crippen molar-refractivity contribution in [2.45, 2.75) is 37.7 Å². The molecule has 2 aliphatic rings. The summed E-state index contributed by atoms with van der Waals surface area (Å²) in [4.78, 5) is 31.4. The van der Waals surface area contributed by atoms with Gasteiger partial charge in [0.1, 0.15) is 4.90 Å². The predicted octanol–water partition coefficient (Wildman–Crippen LogP) is 3.45. The summed E-state index contributed by atoms with van der Waals surface area (Å²) in [5.41, 5.74) is 2.67. The number of carbonyl (C=O) groups excluding carboxylic acids is 2. The van der Waals surface area contributed by atoms with Gasteiger partial charge in [0, 0.05) is 40.8 Å². The number of Topliss-reactive ketones (excluding diaryl/α,β-unsaturated/α-hetero) is 1. The molecule has 2 aromatic carbocycles. The van der Waals surface area contributed by atoms with Gasteiger partial charge in [-0.15, -0.1) is 4.40 Å². The minimum absolute atomic E-state index is 0.183. The lowest BCUT2D eigenvalue weighted by atomic mass is 9.97. The molecule has 0 amide bonds. The van der Waals surface area contributed by atoms with E-state index in [-0.39, 0.29) is 17.2 Å². The van der Waals surface area contributed by atoms with Gasteiger partial charge < -0.3 is 14.6 Å². The molecule has 1 N–H and O–H groups in total. The summed E-state index contributed by atoms with van der Waals surface area (Å²) in [6.07, 6.45) is 0.347. The fraction of sp³-hybridized carbons (Fsp3) is 0.320. The number of H-pyrrole nitrogens is 1. The highest BCUT2D eigenvalue weighted by Gasteiger charge is 2.36. The van der Waals surface area contributed by atoms with Crippen LogP contribution in [0.1, 0.15) is 41.4 Å². The summed E-state index contributed by atoms with van der Waals surface area (Å²) in [6, 6.07) is 14.2. The SMILES string of the molecule is Cc1[nH]c2ccccc2c1C(=O)C(C)OC(=O)C1CCCN(C2=NS(=O)(=O)c3ccccc32)C1. The van der Waals surface area contributed by atoms with Gasteiger partial charge >= 0.3 is 5.97 Å². The van der Waals surface area contributed by atoms with Crippen LogP contribution >= 0.6 is 0 Å². The molecule has 0 aliphatic carbocycles. The maximum atomic E-state index is 13.1. The summed E-state index contributed by atoms with van der Waals surface area (Å²) < 4.78 is 34.4. The van der Waals surface area contributed by atoms with Gasteiger partial charge in [-0.25, -0.2) is 0 Å². The summed E-state index contributed by atoms with van der Waals surface area (Å²) in [6.45, 7) is 4.30. The third kappa shape index (κ3) is 3.79. The van der Waals surface area contributed by atoms with Crippen LogP contribution in [0, 0.1) is 12.8 Å². The second kappa shape index (κ2) is 8.39. The molecule has 1 aromatic heterocycles. The van der Waals surface area contributed by atoms with E-state index < -0.39 is 28.0 Å². The van der Waals surface area contributed by atoms with Crippen molar-refractivity contribution in [2.24, 2.45) is 10.3 Å². The number of piperidine rings is 1. The molecule has 0 radical (unpaired) electrons. The normalized spacial score (nSPS) is 20.0. The van der Waals surface area contributed by atoms with Crippen molar-refractivity contribution in [3.05, 3.63) is 65.4 Å². The van der Waals surface area contributed by atoms with E-state index in [0.29, 0.717) is 36.3 Å². The number of aromatic amines is 1. The first kappa shape index (κ1) is 22.3. The number of rotatable bonds is 4. The minimum atomic E-state index is -3.74. The molecule has 1 saturated heterocycles. The summed E-state index contributed by atoms with van der Waals surface area (Å²) in [5, 5.41) is 0.802. The average molecular weight is 480 g/mol. The molecular formula is C25H25N3O5S. The van der Waals surface area contributed by atoms with Crippen LogP contribution in [0.15, 0.2) is 57.8 Å². The number of likely N-dealkylation sites (tertiary alicyclic amines) is 1. The van der Waals surface area contributed by atoms with E-state index in [1.165, 1.54) is 6.07 Å². The van der Waals surface area contributed by atoms with E-state index in [1.54, 1.807) is 25.1 Å². The Kier molecular flexibility index (Phi) is 5.51. The van der Waals surface area contributed by atoms with Crippen molar-refractivity contribution in [1.29, 1.82) is 0 Å². The second-order valence-electron chi connectivity index (χ2n) is 8.79. The summed E-state index contributed by atoms with van der Waals surface area (Å²) in [7, 11) is -3.74. The topological polar surface area (TPSA) is 109 Å². The molecule has 34 heavy (non-hydrogen) atoms. The fourth-order valence-electron chi connectivity index (χ4n) is 4.80. The van der Waals surface area contributed by atoms with Gasteiger partial charge in [-0.05, 0) is 44.9 Å². The van der Waals surface area contributed by atoms with Crippen LogP contribution < -0.4 is 0 Å². The lowest BCUT2D eigenvalue weighted by Crippen LogP contribution is -2.43. The molecule has 5 rings (SSSR count).